The second-order valence-corrected chi connectivity index (χ2v) is 8.39. The first-order valence-corrected chi connectivity index (χ1v) is 9.69. The Morgan fingerprint density at radius 3 is 2.56 bits per heavy atom. The zero-order valence-corrected chi connectivity index (χ0v) is 16.4. The number of rotatable bonds is 4. The molecule has 3 heterocycles. The molecule has 0 radical (unpaired) electrons. The van der Waals surface area contributed by atoms with Crippen LogP contribution in [0.2, 0.25) is 5.02 Å². The van der Waals surface area contributed by atoms with Crippen LogP contribution >= 0.6 is 38.9 Å². The van der Waals surface area contributed by atoms with E-state index in [0.717, 1.165) is 9.60 Å². The molecule has 1 saturated heterocycles. The number of piperazine rings is 1. The van der Waals surface area contributed by atoms with Crippen LogP contribution in [0, 0.1) is 0 Å². The predicted molar refractivity (Wildman–Crippen MR) is 102 cm³/mol. The molecule has 2 amide bonds. The molecule has 1 aliphatic rings. The van der Waals surface area contributed by atoms with Crippen molar-refractivity contribution < 1.29 is 9.59 Å². The highest BCUT2D eigenvalue weighted by Crippen LogP contribution is 2.21. The minimum atomic E-state index is -0.229. The van der Waals surface area contributed by atoms with Crippen molar-refractivity contribution in [2.24, 2.45) is 0 Å². The molecule has 0 atom stereocenters. The topological polar surface area (TPSA) is 65.5 Å². The van der Waals surface area contributed by atoms with Crippen molar-refractivity contribution >= 4 is 56.5 Å². The van der Waals surface area contributed by atoms with Crippen molar-refractivity contribution in [2.45, 2.75) is 0 Å². The molecule has 0 bridgehead atoms. The summed E-state index contributed by atoms with van der Waals surface area (Å²) in [5.41, 5.74) is 0. The summed E-state index contributed by atoms with van der Waals surface area (Å²) in [7, 11) is 0. The molecule has 0 unspecified atom stereocenters. The van der Waals surface area contributed by atoms with E-state index >= 15 is 0 Å². The Morgan fingerprint density at radius 1 is 1.20 bits per heavy atom. The second kappa shape index (κ2) is 8.16. The van der Waals surface area contributed by atoms with Gasteiger partial charge in [0.2, 0.25) is 5.91 Å². The van der Waals surface area contributed by atoms with Gasteiger partial charge in [-0.25, -0.2) is 4.98 Å². The average Bonchev–Trinajstić information content (AvgIpc) is 3.07. The lowest BCUT2D eigenvalue weighted by Gasteiger charge is -2.35. The Labute approximate surface area is 162 Å². The number of hydrogen-bond acceptors (Lipinski definition) is 5. The fourth-order valence-corrected chi connectivity index (χ4v) is 3.95. The first-order chi connectivity index (χ1) is 12.0. The average molecular weight is 444 g/mol. The molecule has 25 heavy (non-hydrogen) atoms. The van der Waals surface area contributed by atoms with E-state index < -0.39 is 0 Å². The van der Waals surface area contributed by atoms with E-state index in [9.17, 15) is 9.59 Å². The predicted octanol–water partition coefficient (Wildman–Crippen LogP) is 2.64. The summed E-state index contributed by atoms with van der Waals surface area (Å²) in [4.78, 5) is 33.0. The number of anilines is 1. The SMILES string of the molecule is O=C(NCC(=O)N1CCN(c2ccc(Cl)cn2)CC1)c1ccc(Br)s1. The van der Waals surface area contributed by atoms with Gasteiger partial charge in [-0.3, -0.25) is 9.59 Å². The van der Waals surface area contributed by atoms with Gasteiger partial charge in [0.05, 0.1) is 20.2 Å². The van der Waals surface area contributed by atoms with Crippen molar-refractivity contribution in [1.82, 2.24) is 15.2 Å². The maximum Gasteiger partial charge on any atom is 0.261 e. The van der Waals surface area contributed by atoms with Crippen molar-refractivity contribution in [3.05, 3.63) is 44.1 Å². The molecule has 2 aromatic rings. The van der Waals surface area contributed by atoms with E-state index in [1.165, 1.54) is 11.3 Å². The van der Waals surface area contributed by atoms with Crippen molar-refractivity contribution in [2.75, 3.05) is 37.6 Å². The summed E-state index contributed by atoms with van der Waals surface area (Å²) in [6.07, 6.45) is 1.62. The quantitative estimate of drug-likeness (QED) is 0.789. The van der Waals surface area contributed by atoms with Gasteiger partial charge >= 0.3 is 0 Å². The maximum atomic E-state index is 12.3. The van der Waals surface area contributed by atoms with E-state index in [2.05, 4.69) is 31.1 Å². The Bertz CT molecular complexity index is 760. The van der Waals surface area contributed by atoms with Gasteiger partial charge in [0.25, 0.3) is 5.91 Å². The molecule has 0 aromatic carbocycles. The summed E-state index contributed by atoms with van der Waals surface area (Å²) < 4.78 is 0.885. The van der Waals surface area contributed by atoms with Crippen LogP contribution in [0.5, 0.6) is 0 Å². The Morgan fingerprint density at radius 2 is 1.96 bits per heavy atom. The number of hydrogen-bond donors (Lipinski definition) is 1. The van der Waals surface area contributed by atoms with Gasteiger partial charge in [-0.1, -0.05) is 11.6 Å². The highest BCUT2D eigenvalue weighted by atomic mass is 79.9. The number of aromatic nitrogens is 1. The molecular weight excluding hydrogens is 428 g/mol. The van der Waals surface area contributed by atoms with Crippen LogP contribution in [0.4, 0.5) is 5.82 Å². The third kappa shape index (κ3) is 4.71. The number of nitrogens with one attached hydrogen (secondary N) is 1. The van der Waals surface area contributed by atoms with Crippen LogP contribution in [-0.2, 0) is 4.79 Å². The third-order valence-electron chi connectivity index (χ3n) is 3.87. The molecule has 1 aliphatic heterocycles. The summed E-state index contributed by atoms with van der Waals surface area (Å²) in [5, 5.41) is 3.28. The molecule has 9 heteroatoms. The van der Waals surface area contributed by atoms with E-state index in [0.29, 0.717) is 36.1 Å². The Kier molecular flexibility index (Phi) is 5.93. The second-order valence-electron chi connectivity index (χ2n) is 5.49. The highest BCUT2D eigenvalue weighted by molar-refractivity contribution is 9.11. The van der Waals surface area contributed by atoms with Crippen LogP contribution in [0.25, 0.3) is 0 Å². The van der Waals surface area contributed by atoms with Crippen molar-refractivity contribution in [1.29, 1.82) is 0 Å². The zero-order chi connectivity index (χ0) is 17.8. The van der Waals surface area contributed by atoms with Gasteiger partial charge in [0.15, 0.2) is 0 Å². The molecule has 1 N–H and O–H groups in total. The number of carbonyl (C=O) groups excluding carboxylic acids is 2. The minimum absolute atomic E-state index is 0.00749. The molecule has 132 valence electrons. The summed E-state index contributed by atoms with van der Waals surface area (Å²) >= 11 is 10.5. The fourth-order valence-electron chi connectivity index (χ4n) is 2.53. The Balaban J connectivity index is 1.46. The van der Waals surface area contributed by atoms with Gasteiger partial charge in [-0.05, 0) is 40.2 Å². The van der Waals surface area contributed by atoms with Crippen LogP contribution in [-0.4, -0.2) is 54.4 Å². The number of halogens is 2. The van der Waals surface area contributed by atoms with Gasteiger partial charge < -0.3 is 15.1 Å². The standard InChI is InChI=1S/C16H16BrClN4O2S/c17-13-3-2-12(25-13)16(24)20-10-15(23)22-7-5-21(6-8-22)14-4-1-11(18)9-19-14/h1-4,9H,5-8,10H2,(H,20,24). The lowest BCUT2D eigenvalue weighted by molar-refractivity contribution is -0.130. The van der Waals surface area contributed by atoms with Gasteiger partial charge in [0.1, 0.15) is 5.82 Å². The monoisotopic (exact) mass is 442 g/mol. The molecule has 0 aliphatic carbocycles. The van der Waals surface area contributed by atoms with Crippen LogP contribution in [0.1, 0.15) is 9.67 Å². The number of thiophene rings is 1. The number of carbonyl (C=O) groups is 2. The molecule has 2 aromatic heterocycles. The Hall–Kier alpha value is -1.64. The van der Waals surface area contributed by atoms with Crippen molar-refractivity contribution in [3.63, 3.8) is 0 Å². The van der Waals surface area contributed by atoms with Crippen LogP contribution < -0.4 is 10.2 Å². The molecule has 6 nitrogen and oxygen atoms in total. The van der Waals surface area contributed by atoms with Gasteiger partial charge in [0, 0.05) is 32.4 Å². The molecule has 3 rings (SSSR count). The molecule has 0 saturated carbocycles. The van der Waals surface area contributed by atoms with E-state index in [4.69, 9.17) is 11.6 Å². The highest BCUT2D eigenvalue weighted by Gasteiger charge is 2.22. The molecular formula is C16H16BrClN4O2S. The van der Waals surface area contributed by atoms with Crippen LogP contribution in [0.15, 0.2) is 34.2 Å². The summed E-state index contributed by atoms with van der Waals surface area (Å²) in [5.74, 6) is 0.550. The van der Waals surface area contributed by atoms with E-state index in [1.807, 2.05) is 12.1 Å². The van der Waals surface area contributed by atoms with Gasteiger partial charge in [-0.15, -0.1) is 11.3 Å². The molecule has 1 fully saturated rings. The first kappa shape index (κ1) is 18.2. The third-order valence-corrected chi connectivity index (χ3v) is 5.71. The van der Waals surface area contributed by atoms with E-state index in [1.54, 1.807) is 23.2 Å². The van der Waals surface area contributed by atoms with Crippen molar-refractivity contribution in [3.8, 4) is 0 Å². The largest absolute Gasteiger partial charge is 0.353 e. The summed E-state index contributed by atoms with van der Waals surface area (Å²) in [6, 6.07) is 7.22. The number of nitrogens with zero attached hydrogens (tertiary/aromatic N) is 3. The zero-order valence-electron chi connectivity index (χ0n) is 13.2. The first-order valence-electron chi connectivity index (χ1n) is 7.71. The normalized spacial score (nSPS) is 14.5. The summed E-state index contributed by atoms with van der Waals surface area (Å²) in [6.45, 7) is 2.61. The number of amides is 2. The molecule has 0 spiro atoms. The lowest BCUT2D eigenvalue weighted by atomic mass is 10.3. The van der Waals surface area contributed by atoms with E-state index in [-0.39, 0.29) is 18.4 Å². The van der Waals surface area contributed by atoms with Crippen LogP contribution in [0.3, 0.4) is 0 Å². The number of pyridine rings is 1. The minimum Gasteiger partial charge on any atom is -0.353 e. The fraction of sp³-hybridized carbons (Fsp3) is 0.312. The lowest BCUT2D eigenvalue weighted by Crippen LogP contribution is -2.51. The van der Waals surface area contributed by atoms with Gasteiger partial charge in [-0.2, -0.15) is 0 Å². The smallest absolute Gasteiger partial charge is 0.261 e. The maximum absolute atomic E-state index is 12.3.